The van der Waals surface area contributed by atoms with Gasteiger partial charge in [0.2, 0.25) is 0 Å². The Morgan fingerprint density at radius 1 is 1.20 bits per heavy atom. The molecule has 0 aliphatic carbocycles. The van der Waals surface area contributed by atoms with E-state index in [0.717, 1.165) is 6.26 Å². The van der Waals surface area contributed by atoms with E-state index in [0.29, 0.717) is 11.3 Å². The molecule has 0 spiro atoms. The molecule has 1 heterocycles. The van der Waals surface area contributed by atoms with Crippen LogP contribution in [0.1, 0.15) is 28.6 Å². The molecule has 1 aromatic heterocycles. The first-order valence-electron chi connectivity index (χ1n) is 7.52. The van der Waals surface area contributed by atoms with Gasteiger partial charge in [0, 0.05) is 6.26 Å². The molecule has 2 rings (SSSR count). The predicted octanol–water partition coefficient (Wildman–Crippen LogP) is 1.69. The average Bonchev–Trinajstić information content (AvgIpc) is 3.05. The monoisotopic (exact) mass is 365 g/mol. The van der Waals surface area contributed by atoms with Crippen molar-refractivity contribution in [1.82, 2.24) is 5.32 Å². The number of esters is 1. The largest absolute Gasteiger partial charge is 0.467 e. The van der Waals surface area contributed by atoms with Crippen molar-refractivity contribution in [2.45, 2.75) is 25.3 Å². The Morgan fingerprint density at radius 3 is 2.44 bits per heavy atom. The summed E-state index contributed by atoms with van der Waals surface area (Å²) in [6.45, 7) is 1.67. The lowest BCUT2D eigenvalue weighted by Crippen LogP contribution is -2.35. The second-order valence-electron chi connectivity index (χ2n) is 5.61. The number of ether oxygens (including phenoxy) is 1. The van der Waals surface area contributed by atoms with Gasteiger partial charge in [-0.2, -0.15) is 0 Å². The maximum absolute atomic E-state index is 12.1. The summed E-state index contributed by atoms with van der Waals surface area (Å²) in [5.41, 5.74) is 0.811. The van der Waals surface area contributed by atoms with E-state index in [4.69, 9.17) is 9.15 Å². The smallest absolute Gasteiger partial charge is 0.338 e. The van der Waals surface area contributed by atoms with Crippen LogP contribution in [0.4, 0.5) is 0 Å². The fourth-order valence-corrected chi connectivity index (χ4v) is 2.85. The highest BCUT2D eigenvalue weighted by Crippen LogP contribution is 2.10. The molecule has 8 heteroatoms. The first kappa shape index (κ1) is 18.7. The molecule has 0 saturated heterocycles. The summed E-state index contributed by atoms with van der Waals surface area (Å²) in [7, 11) is -3.14. The maximum Gasteiger partial charge on any atom is 0.338 e. The van der Waals surface area contributed by atoms with E-state index in [1.165, 1.54) is 25.3 Å². The van der Waals surface area contributed by atoms with Gasteiger partial charge in [-0.15, -0.1) is 0 Å². The Hall–Kier alpha value is -2.61. The fraction of sp³-hybridized carbons (Fsp3) is 0.294. The maximum atomic E-state index is 12.1. The Balaban J connectivity index is 1.88. The second kappa shape index (κ2) is 7.98. The summed E-state index contributed by atoms with van der Waals surface area (Å²) in [5.74, 6) is -0.619. The molecule has 0 saturated carbocycles. The molecule has 0 fully saturated rings. The van der Waals surface area contributed by atoms with Crippen LogP contribution in [0.25, 0.3) is 0 Å². The van der Waals surface area contributed by atoms with Gasteiger partial charge in [0.25, 0.3) is 5.91 Å². The summed E-state index contributed by atoms with van der Waals surface area (Å²) < 4.78 is 32.7. The van der Waals surface area contributed by atoms with E-state index in [-0.39, 0.29) is 17.9 Å². The summed E-state index contributed by atoms with van der Waals surface area (Å²) >= 11 is 0. The average molecular weight is 365 g/mol. The highest BCUT2D eigenvalue weighted by Gasteiger charge is 2.19. The number of rotatable bonds is 7. The van der Waals surface area contributed by atoms with Gasteiger partial charge in [0.1, 0.15) is 5.76 Å². The quantitative estimate of drug-likeness (QED) is 0.749. The molecular weight excluding hydrogens is 346 g/mol. The van der Waals surface area contributed by atoms with Crippen molar-refractivity contribution in [3.05, 3.63) is 59.5 Å². The van der Waals surface area contributed by atoms with Crippen molar-refractivity contribution in [2.24, 2.45) is 0 Å². The molecule has 0 bridgehead atoms. The van der Waals surface area contributed by atoms with Crippen LogP contribution < -0.4 is 5.32 Å². The molecule has 1 N–H and O–H groups in total. The van der Waals surface area contributed by atoms with Gasteiger partial charge in [0.15, 0.2) is 15.9 Å². The van der Waals surface area contributed by atoms with Crippen molar-refractivity contribution in [3.8, 4) is 0 Å². The lowest BCUT2D eigenvalue weighted by molar-refractivity contribution is -0.129. The Bertz CT molecular complexity index is 825. The van der Waals surface area contributed by atoms with Crippen molar-refractivity contribution in [3.63, 3.8) is 0 Å². The van der Waals surface area contributed by atoms with Crippen LogP contribution in [-0.2, 0) is 31.7 Å². The Morgan fingerprint density at radius 2 is 1.88 bits per heavy atom. The number of benzene rings is 1. The first-order valence-corrected chi connectivity index (χ1v) is 9.58. The number of carbonyl (C=O) groups excluding carboxylic acids is 2. The van der Waals surface area contributed by atoms with Crippen molar-refractivity contribution in [2.75, 3.05) is 6.26 Å². The molecule has 1 atom stereocenters. The zero-order valence-corrected chi connectivity index (χ0v) is 14.7. The summed E-state index contributed by atoms with van der Waals surface area (Å²) in [5, 5.41) is 2.60. The number of amides is 1. The van der Waals surface area contributed by atoms with Gasteiger partial charge in [-0.05, 0) is 36.8 Å². The van der Waals surface area contributed by atoms with Crippen LogP contribution in [-0.4, -0.2) is 32.7 Å². The molecule has 0 unspecified atom stereocenters. The number of hydrogen-bond acceptors (Lipinski definition) is 6. The predicted molar refractivity (Wildman–Crippen MR) is 90.4 cm³/mol. The molecule has 1 aromatic carbocycles. The van der Waals surface area contributed by atoms with Crippen molar-refractivity contribution in [1.29, 1.82) is 0 Å². The van der Waals surface area contributed by atoms with Gasteiger partial charge in [-0.1, -0.05) is 12.1 Å². The van der Waals surface area contributed by atoms with Crippen LogP contribution in [0.2, 0.25) is 0 Å². The molecule has 2 aromatic rings. The van der Waals surface area contributed by atoms with E-state index >= 15 is 0 Å². The van der Waals surface area contributed by atoms with Crippen LogP contribution in [0, 0.1) is 0 Å². The topological polar surface area (TPSA) is 103 Å². The van der Waals surface area contributed by atoms with Gasteiger partial charge in [-0.3, -0.25) is 4.79 Å². The minimum absolute atomic E-state index is 0.103. The fourth-order valence-electron chi connectivity index (χ4n) is 2.05. The zero-order valence-electron chi connectivity index (χ0n) is 13.9. The van der Waals surface area contributed by atoms with E-state index < -0.39 is 27.8 Å². The van der Waals surface area contributed by atoms with E-state index in [1.54, 1.807) is 24.3 Å². The molecule has 0 aliphatic rings. The third-order valence-corrected chi connectivity index (χ3v) is 4.15. The summed E-state index contributed by atoms with van der Waals surface area (Å²) in [6.07, 6.45) is 1.66. The van der Waals surface area contributed by atoms with Gasteiger partial charge in [0.05, 0.1) is 24.1 Å². The third-order valence-electron chi connectivity index (χ3n) is 3.29. The number of nitrogens with one attached hydrogen (secondary N) is 1. The molecular formula is C17H19NO6S. The summed E-state index contributed by atoms with van der Waals surface area (Å²) in [4.78, 5) is 24.0. The molecule has 7 nitrogen and oxygen atoms in total. The molecule has 25 heavy (non-hydrogen) atoms. The lowest BCUT2D eigenvalue weighted by Gasteiger charge is -2.13. The normalized spacial score (nSPS) is 12.4. The first-order chi connectivity index (χ1) is 11.7. The second-order valence-corrected chi connectivity index (χ2v) is 7.75. The van der Waals surface area contributed by atoms with Crippen LogP contribution in [0.15, 0.2) is 47.1 Å². The van der Waals surface area contributed by atoms with Gasteiger partial charge in [-0.25, -0.2) is 13.2 Å². The van der Waals surface area contributed by atoms with Crippen LogP contribution >= 0.6 is 0 Å². The highest BCUT2D eigenvalue weighted by atomic mass is 32.2. The van der Waals surface area contributed by atoms with Gasteiger partial charge >= 0.3 is 5.97 Å². The van der Waals surface area contributed by atoms with Crippen molar-refractivity contribution < 1.29 is 27.2 Å². The lowest BCUT2D eigenvalue weighted by atomic mass is 10.1. The standard InChI is InChI=1S/C17H19NO6S/c1-12(16(19)18-10-15-4-3-9-23-15)24-17(20)14-7-5-13(6-8-14)11-25(2,21)22/h3-9,12H,10-11H2,1-2H3,(H,18,19)/t12-/m0/s1. The minimum atomic E-state index is -3.14. The third kappa shape index (κ3) is 6.07. The van der Waals surface area contributed by atoms with E-state index in [9.17, 15) is 18.0 Å². The van der Waals surface area contributed by atoms with Crippen LogP contribution in [0.3, 0.4) is 0 Å². The number of hydrogen-bond donors (Lipinski definition) is 1. The number of furan rings is 1. The van der Waals surface area contributed by atoms with Crippen LogP contribution in [0.5, 0.6) is 0 Å². The number of carbonyl (C=O) groups is 2. The molecule has 1 amide bonds. The Kier molecular flexibility index (Phi) is 5.97. The summed E-state index contributed by atoms with van der Waals surface area (Å²) in [6, 6.07) is 9.44. The number of sulfone groups is 1. The van der Waals surface area contributed by atoms with E-state index in [1.807, 2.05) is 0 Å². The van der Waals surface area contributed by atoms with Crippen molar-refractivity contribution >= 4 is 21.7 Å². The molecule has 0 radical (unpaired) electrons. The SMILES string of the molecule is C[C@H](OC(=O)c1ccc(CS(C)(=O)=O)cc1)C(=O)NCc1ccco1. The molecule has 134 valence electrons. The molecule has 0 aliphatic heterocycles. The zero-order chi connectivity index (χ0) is 18.4. The minimum Gasteiger partial charge on any atom is -0.467 e. The van der Waals surface area contributed by atoms with Gasteiger partial charge < -0.3 is 14.5 Å². The highest BCUT2D eigenvalue weighted by molar-refractivity contribution is 7.89. The Labute approximate surface area is 145 Å². The van der Waals surface area contributed by atoms with E-state index in [2.05, 4.69) is 5.32 Å².